The topological polar surface area (TPSA) is 128 Å². The predicted octanol–water partition coefficient (Wildman–Crippen LogP) is 1.48. The van der Waals surface area contributed by atoms with E-state index in [-0.39, 0.29) is 24.9 Å². The van der Waals surface area contributed by atoms with Crippen LogP contribution in [0.25, 0.3) is 0 Å². The van der Waals surface area contributed by atoms with E-state index in [4.69, 9.17) is 11.6 Å². The van der Waals surface area contributed by atoms with E-state index in [9.17, 15) is 41.5 Å². The van der Waals surface area contributed by atoms with Gasteiger partial charge in [-0.1, -0.05) is 46.2 Å². The van der Waals surface area contributed by atoms with Gasteiger partial charge >= 0.3 is 12.1 Å². The van der Waals surface area contributed by atoms with Crippen molar-refractivity contribution >= 4 is 41.1 Å². The van der Waals surface area contributed by atoms with Crippen LogP contribution < -0.4 is 16.1 Å². The maximum Gasteiger partial charge on any atom is 0.471 e. The first-order valence-corrected chi connectivity index (χ1v) is 13.1. The number of hydrazine groups is 1. The van der Waals surface area contributed by atoms with Gasteiger partial charge in [0, 0.05) is 13.1 Å². The molecule has 1 aliphatic carbocycles. The highest BCUT2D eigenvalue weighted by Gasteiger charge is 2.70. The minimum Gasteiger partial charge on any atom is -0.356 e. The van der Waals surface area contributed by atoms with Crippen LogP contribution in [-0.4, -0.2) is 83.0 Å². The summed E-state index contributed by atoms with van der Waals surface area (Å²) < 4.78 is 52.8. The van der Waals surface area contributed by atoms with Crippen molar-refractivity contribution in [1.29, 1.82) is 0 Å². The lowest BCUT2D eigenvalue weighted by molar-refractivity contribution is -0.176. The van der Waals surface area contributed by atoms with Gasteiger partial charge in [0.2, 0.25) is 11.8 Å². The third-order valence-electron chi connectivity index (χ3n) is 7.91. The van der Waals surface area contributed by atoms with Gasteiger partial charge in [0.05, 0.1) is 12.5 Å². The molecule has 0 unspecified atom stereocenters. The number of piperidine rings is 2. The molecule has 1 saturated carbocycles. The fraction of sp³-hybridized carbons (Fsp3) is 0.792. The van der Waals surface area contributed by atoms with Crippen LogP contribution in [0.15, 0.2) is 0 Å². The molecule has 3 N–H and O–H groups in total. The van der Waals surface area contributed by atoms with Gasteiger partial charge in [-0.2, -0.15) is 13.2 Å². The summed E-state index contributed by atoms with van der Waals surface area (Å²) in [5, 5.41) is 5.00. The first-order valence-electron chi connectivity index (χ1n) is 12.6. The Hall–Kier alpha value is -2.64. The Bertz CT molecular complexity index is 1030. The Morgan fingerprint density at radius 2 is 1.82 bits per heavy atom. The lowest BCUT2D eigenvalue weighted by atomic mass is 9.85. The zero-order valence-corrected chi connectivity index (χ0v) is 23.1. The molecule has 39 heavy (non-hydrogen) atoms. The van der Waals surface area contributed by atoms with Crippen molar-refractivity contribution in [3.63, 3.8) is 0 Å². The van der Waals surface area contributed by atoms with Gasteiger partial charge in [-0.3, -0.25) is 29.4 Å². The lowest BCUT2D eigenvalue weighted by Gasteiger charge is -2.38. The van der Waals surface area contributed by atoms with Gasteiger partial charge in [-0.05, 0) is 35.5 Å². The fourth-order valence-corrected chi connectivity index (χ4v) is 5.70. The smallest absolute Gasteiger partial charge is 0.356 e. The monoisotopic (exact) mass is 583 g/mol. The lowest BCUT2D eigenvalue weighted by Crippen LogP contribution is -2.62. The van der Waals surface area contributed by atoms with Crippen molar-refractivity contribution in [1.82, 2.24) is 26.0 Å². The van der Waals surface area contributed by atoms with Crippen LogP contribution >= 0.6 is 11.6 Å². The highest BCUT2D eigenvalue weighted by molar-refractivity contribution is 6.29. The van der Waals surface area contributed by atoms with Crippen LogP contribution in [0.2, 0.25) is 0 Å². The average Bonchev–Trinajstić information content (AvgIpc) is 3.14. The highest BCUT2D eigenvalue weighted by atomic mass is 35.5. The zero-order valence-electron chi connectivity index (χ0n) is 22.3. The third-order valence-corrected chi connectivity index (χ3v) is 8.09. The van der Waals surface area contributed by atoms with Crippen molar-refractivity contribution in [3.8, 4) is 0 Å². The molecule has 2 heterocycles. The largest absolute Gasteiger partial charge is 0.471 e. The molecule has 0 spiro atoms. The maximum absolute atomic E-state index is 13.8. The van der Waals surface area contributed by atoms with Crippen molar-refractivity contribution in [2.75, 3.05) is 19.6 Å². The quantitative estimate of drug-likeness (QED) is 0.248. The Morgan fingerprint density at radius 3 is 2.33 bits per heavy atom. The van der Waals surface area contributed by atoms with Crippen molar-refractivity contribution < 1.29 is 41.5 Å². The number of hydrogen-bond acceptors (Lipinski definition) is 5. The first-order chi connectivity index (χ1) is 17.8. The summed E-state index contributed by atoms with van der Waals surface area (Å²) in [5.74, 6) is -7.08. The normalized spacial score (nSPS) is 27.5. The van der Waals surface area contributed by atoms with E-state index in [1.807, 2.05) is 13.8 Å². The minimum absolute atomic E-state index is 0.0310. The van der Waals surface area contributed by atoms with Crippen LogP contribution in [0.3, 0.4) is 0 Å². The third kappa shape index (κ3) is 6.41. The second kappa shape index (κ2) is 10.7. The van der Waals surface area contributed by atoms with Crippen LogP contribution in [0.4, 0.5) is 17.6 Å². The molecule has 3 fully saturated rings. The molecular weight excluding hydrogens is 550 g/mol. The second-order valence-electron chi connectivity index (χ2n) is 12.0. The van der Waals surface area contributed by atoms with E-state index in [1.54, 1.807) is 5.32 Å². The molecule has 0 radical (unpaired) electrons. The summed E-state index contributed by atoms with van der Waals surface area (Å²) in [6.07, 6.45) is -4.25. The molecular formula is C24H34ClF4N5O5. The van der Waals surface area contributed by atoms with Crippen molar-refractivity contribution in [3.05, 3.63) is 0 Å². The molecule has 3 rings (SSSR count). The van der Waals surface area contributed by atoms with Gasteiger partial charge in [-0.15, -0.1) is 0 Å². The van der Waals surface area contributed by atoms with Crippen molar-refractivity contribution in [2.45, 2.75) is 71.4 Å². The maximum atomic E-state index is 13.8. The van der Waals surface area contributed by atoms with Gasteiger partial charge < -0.3 is 15.5 Å². The summed E-state index contributed by atoms with van der Waals surface area (Å²) >= 11 is 5.35. The van der Waals surface area contributed by atoms with Gasteiger partial charge in [0.25, 0.3) is 17.4 Å². The molecule has 0 aromatic carbocycles. The van der Waals surface area contributed by atoms with Crippen LogP contribution in [0.1, 0.15) is 47.5 Å². The number of rotatable bonds is 6. The molecule has 5 amide bonds. The minimum atomic E-state index is -5.23. The number of fused-ring (bicyclic) bond motifs is 1. The number of likely N-dealkylation sites (tertiary alicyclic amines) is 1. The number of amides is 5. The van der Waals surface area contributed by atoms with E-state index in [0.717, 1.165) is 4.90 Å². The summed E-state index contributed by atoms with van der Waals surface area (Å²) in [4.78, 5) is 64.7. The number of carbonyl (C=O) groups excluding carboxylic acids is 5. The summed E-state index contributed by atoms with van der Waals surface area (Å²) in [5.41, 5.74) is -1.77. The summed E-state index contributed by atoms with van der Waals surface area (Å²) in [6.45, 7) is 8.25. The first kappa shape index (κ1) is 30.9. The van der Waals surface area contributed by atoms with E-state index >= 15 is 0 Å². The average molecular weight is 584 g/mol. The molecule has 0 bridgehead atoms. The molecule has 0 aromatic rings. The Kier molecular flexibility index (Phi) is 8.50. The summed E-state index contributed by atoms with van der Waals surface area (Å²) in [6, 6.07) is -2.85. The van der Waals surface area contributed by atoms with E-state index < -0.39 is 70.2 Å². The summed E-state index contributed by atoms with van der Waals surface area (Å²) in [7, 11) is 0. The van der Waals surface area contributed by atoms with Gasteiger partial charge in [-0.25, -0.2) is 9.40 Å². The highest BCUT2D eigenvalue weighted by Crippen LogP contribution is 2.65. The van der Waals surface area contributed by atoms with E-state index in [0.29, 0.717) is 24.4 Å². The fourth-order valence-electron chi connectivity index (χ4n) is 5.58. The van der Waals surface area contributed by atoms with E-state index in [2.05, 4.69) is 10.7 Å². The number of nitrogens with zero attached hydrogens (tertiary/aromatic N) is 2. The SMILES string of the molecule is CC(C)(C)[C@H](NC(=O)C(F)(F)F)C(=O)N1C[C@H]2[C@@H]([C@H]1C(=O)NN(C[C@H]1CCCNC1=O)C(=O)[C@H](F)Cl)C2(C)C. The number of hydrogen-bond donors (Lipinski definition) is 3. The number of carbonyl (C=O) groups is 5. The Morgan fingerprint density at radius 1 is 1.21 bits per heavy atom. The zero-order chi connectivity index (χ0) is 29.7. The number of alkyl halides is 5. The molecule has 220 valence electrons. The molecule has 0 aromatic heterocycles. The molecule has 6 atom stereocenters. The van der Waals surface area contributed by atoms with Crippen molar-refractivity contribution in [2.24, 2.45) is 28.6 Å². The van der Waals surface area contributed by atoms with Crippen LogP contribution in [0.5, 0.6) is 0 Å². The predicted molar refractivity (Wildman–Crippen MR) is 130 cm³/mol. The molecule has 2 aliphatic heterocycles. The van der Waals surface area contributed by atoms with Crippen LogP contribution in [-0.2, 0) is 24.0 Å². The standard InChI is InChI=1S/C24H34ClF4N5O5/c1-22(2,3)15(31-21(39)24(27,28)29)19(37)33-10-12-13(23(12,4)5)14(33)18(36)32-34(20(38)16(25)26)9-11-7-6-8-30-17(11)35/h11-16H,6-10H2,1-5H3,(H,30,35)(H,31,39)(H,32,36)/t11-,12+,13+,14+,15-,16+/m1/s1. The molecule has 3 aliphatic rings. The molecule has 10 nitrogen and oxygen atoms in total. The van der Waals surface area contributed by atoms with Gasteiger partial charge in [0.1, 0.15) is 12.1 Å². The van der Waals surface area contributed by atoms with E-state index in [1.165, 1.54) is 20.8 Å². The Balaban J connectivity index is 1.87. The Labute approximate surface area is 228 Å². The van der Waals surface area contributed by atoms with Crippen LogP contribution in [0, 0.1) is 28.6 Å². The molecule has 15 heteroatoms. The number of nitrogens with one attached hydrogen (secondary N) is 3. The second-order valence-corrected chi connectivity index (χ2v) is 12.4. The number of halogens is 5. The van der Waals surface area contributed by atoms with Gasteiger partial charge in [0.15, 0.2) is 0 Å². The molecule has 2 saturated heterocycles.